The zero-order chi connectivity index (χ0) is 22.9. The number of piperidine rings is 1. The first-order chi connectivity index (χ1) is 15.3. The number of hydrogen-bond acceptors (Lipinski definition) is 2. The molecule has 8 heteroatoms. The monoisotopic (exact) mass is 474 g/mol. The molecule has 0 aromatic heterocycles. The van der Waals surface area contributed by atoms with Gasteiger partial charge >= 0.3 is 0 Å². The molecule has 2 amide bonds. The fourth-order valence-corrected chi connectivity index (χ4v) is 4.52. The highest BCUT2D eigenvalue weighted by atomic mass is 35.5. The van der Waals surface area contributed by atoms with Gasteiger partial charge in [0.15, 0.2) is 0 Å². The lowest BCUT2D eigenvalue weighted by Gasteiger charge is -2.40. The number of carbonyl (C=O) groups excluding carboxylic acids is 2. The second kappa shape index (κ2) is 8.88. The van der Waals surface area contributed by atoms with Crippen LogP contribution in [0.1, 0.15) is 30.0 Å². The average molecular weight is 475 g/mol. The lowest BCUT2D eigenvalue weighted by atomic mass is 9.67. The highest BCUT2D eigenvalue weighted by Crippen LogP contribution is 2.51. The van der Waals surface area contributed by atoms with Gasteiger partial charge in [-0.1, -0.05) is 53.5 Å². The lowest BCUT2D eigenvalue weighted by molar-refractivity contribution is -0.130. The van der Waals surface area contributed by atoms with Crippen LogP contribution >= 0.6 is 23.2 Å². The maximum atomic E-state index is 14.4. The molecular weight excluding hydrogens is 457 g/mol. The Morgan fingerprint density at radius 3 is 2.31 bits per heavy atom. The van der Waals surface area contributed by atoms with Crippen molar-refractivity contribution in [1.82, 2.24) is 5.32 Å². The molecule has 1 fully saturated rings. The molecule has 1 spiro atoms. The highest BCUT2D eigenvalue weighted by Gasteiger charge is 2.55. The van der Waals surface area contributed by atoms with E-state index in [1.807, 2.05) is 30.3 Å². The summed E-state index contributed by atoms with van der Waals surface area (Å²) in [5.41, 5.74) is 0.108. The van der Waals surface area contributed by atoms with E-state index in [1.54, 1.807) is 18.2 Å². The number of benzene rings is 3. The van der Waals surface area contributed by atoms with E-state index < -0.39 is 23.1 Å². The summed E-state index contributed by atoms with van der Waals surface area (Å²) in [6, 6.07) is 16.6. The van der Waals surface area contributed by atoms with Crippen LogP contribution in [0.5, 0.6) is 0 Å². The number of rotatable bonds is 1. The van der Waals surface area contributed by atoms with Crippen LogP contribution in [-0.2, 0) is 15.0 Å². The smallest absolute Gasteiger partial charge is 0.237 e. The summed E-state index contributed by atoms with van der Waals surface area (Å²) in [6.07, 6.45) is 0.357. The minimum absolute atomic E-state index is 0.0763. The SMILES string of the molecule is Clc1ccccc1.O=C1CC[C@]2(C(=O)Nc3cc(Cl)ccc32)[C@@H](c2ccc(F)cc2F)N1. The Morgan fingerprint density at radius 1 is 0.906 bits per heavy atom. The number of carbonyl (C=O) groups is 2. The normalized spacial score (nSPS) is 21.3. The first-order valence-electron chi connectivity index (χ1n) is 9.87. The third kappa shape index (κ3) is 4.08. The van der Waals surface area contributed by atoms with E-state index >= 15 is 0 Å². The summed E-state index contributed by atoms with van der Waals surface area (Å²) in [7, 11) is 0. The summed E-state index contributed by atoms with van der Waals surface area (Å²) in [5.74, 6) is -2.14. The summed E-state index contributed by atoms with van der Waals surface area (Å²) >= 11 is 11.5. The number of halogens is 4. The minimum atomic E-state index is -1.16. The van der Waals surface area contributed by atoms with Crippen molar-refractivity contribution < 1.29 is 18.4 Å². The molecule has 0 unspecified atom stereocenters. The number of amides is 2. The van der Waals surface area contributed by atoms with E-state index in [1.165, 1.54) is 6.07 Å². The largest absolute Gasteiger partial charge is 0.348 e. The average Bonchev–Trinajstić information content (AvgIpc) is 3.02. The summed E-state index contributed by atoms with van der Waals surface area (Å²) < 4.78 is 27.7. The molecule has 2 atom stereocenters. The maximum Gasteiger partial charge on any atom is 0.237 e. The number of fused-ring (bicyclic) bond motifs is 2. The van der Waals surface area contributed by atoms with E-state index in [-0.39, 0.29) is 30.2 Å². The minimum Gasteiger partial charge on any atom is -0.348 e. The van der Waals surface area contributed by atoms with Crippen molar-refractivity contribution in [3.63, 3.8) is 0 Å². The third-order valence-corrected chi connectivity index (χ3v) is 6.15. The molecule has 5 rings (SSSR count). The van der Waals surface area contributed by atoms with Crippen LogP contribution in [0.25, 0.3) is 0 Å². The van der Waals surface area contributed by atoms with Crippen LogP contribution in [0.3, 0.4) is 0 Å². The standard InChI is InChI=1S/C18H13ClF2N2O2.C6H5Cl/c19-9-1-4-12-14(7-9)22-17(25)18(12)6-5-15(24)23-16(18)11-3-2-10(20)8-13(11)21;7-6-4-2-1-3-5-6/h1-4,7-8,16H,5-6H2,(H,22,25)(H,23,24);1-5H/t16-,18-;/m1./s1. The molecule has 4 nitrogen and oxygen atoms in total. The van der Waals surface area contributed by atoms with Crippen molar-refractivity contribution in [2.75, 3.05) is 5.32 Å². The van der Waals surface area contributed by atoms with Gasteiger partial charge in [0.2, 0.25) is 11.8 Å². The molecule has 2 aliphatic rings. The molecule has 3 aromatic rings. The van der Waals surface area contributed by atoms with E-state index in [2.05, 4.69) is 10.6 Å². The van der Waals surface area contributed by atoms with Gasteiger partial charge in [-0.3, -0.25) is 9.59 Å². The molecule has 2 aliphatic heterocycles. The molecule has 0 radical (unpaired) electrons. The van der Waals surface area contributed by atoms with Crippen molar-refractivity contribution in [2.45, 2.75) is 24.3 Å². The summed E-state index contributed by atoms with van der Waals surface area (Å²) in [4.78, 5) is 24.9. The van der Waals surface area contributed by atoms with Gasteiger partial charge in [0.1, 0.15) is 17.0 Å². The summed E-state index contributed by atoms with van der Waals surface area (Å²) in [6.45, 7) is 0. The topological polar surface area (TPSA) is 58.2 Å². The van der Waals surface area contributed by atoms with Crippen molar-refractivity contribution in [2.24, 2.45) is 0 Å². The number of nitrogens with one attached hydrogen (secondary N) is 2. The molecule has 0 saturated carbocycles. The fraction of sp³-hybridized carbons (Fsp3) is 0.167. The molecule has 2 N–H and O–H groups in total. The van der Waals surface area contributed by atoms with Crippen LogP contribution in [-0.4, -0.2) is 11.8 Å². The Kier molecular flexibility index (Phi) is 6.17. The van der Waals surface area contributed by atoms with Crippen molar-refractivity contribution in [3.05, 3.63) is 99.5 Å². The fourth-order valence-electron chi connectivity index (χ4n) is 4.20. The predicted octanol–water partition coefficient (Wildman–Crippen LogP) is 5.80. The molecule has 0 bridgehead atoms. The first-order valence-corrected chi connectivity index (χ1v) is 10.6. The van der Waals surface area contributed by atoms with Gasteiger partial charge in [0, 0.05) is 33.8 Å². The molecule has 3 aromatic carbocycles. The quantitative estimate of drug-likeness (QED) is 0.468. The van der Waals surface area contributed by atoms with Crippen LogP contribution in [0.4, 0.5) is 14.5 Å². The van der Waals surface area contributed by atoms with E-state index in [9.17, 15) is 18.4 Å². The van der Waals surface area contributed by atoms with E-state index in [4.69, 9.17) is 23.2 Å². The van der Waals surface area contributed by atoms with Gasteiger partial charge in [-0.25, -0.2) is 8.78 Å². The molecular formula is C24H18Cl2F2N2O2. The molecule has 32 heavy (non-hydrogen) atoms. The Labute approximate surface area is 193 Å². The molecule has 0 aliphatic carbocycles. The van der Waals surface area contributed by atoms with Crippen molar-refractivity contribution in [3.8, 4) is 0 Å². The van der Waals surface area contributed by atoms with Gasteiger partial charge < -0.3 is 10.6 Å². The van der Waals surface area contributed by atoms with Gasteiger partial charge in [-0.2, -0.15) is 0 Å². The Morgan fingerprint density at radius 2 is 1.66 bits per heavy atom. The summed E-state index contributed by atoms with van der Waals surface area (Å²) in [5, 5.41) is 6.74. The predicted molar refractivity (Wildman–Crippen MR) is 120 cm³/mol. The third-order valence-electron chi connectivity index (χ3n) is 5.67. The van der Waals surface area contributed by atoms with Gasteiger partial charge in [-0.05, 0) is 42.3 Å². The molecule has 2 heterocycles. The zero-order valence-corrected chi connectivity index (χ0v) is 18.2. The van der Waals surface area contributed by atoms with Crippen LogP contribution in [0.15, 0.2) is 66.7 Å². The van der Waals surface area contributed by atoms with Crippen LogP contribution in [0, 0.1) is 11.6 Å². The maximum absolute atomic E-state index is 14.4. The molecule has 164 valence electrons. The second-order valence-electron chi connectivity index (χ2n) is 7.58. The van der Waals surface area contributed by atoms with Crippen molar-refractivity contribution >= 4 is 40.7 Å². The van der Waals surface area contributed by atoms with Crippen LogP contribution < -0.4 is 10.6 Å². The van der Waals surface area contributed by atoms with Gasteiger partial charge in [0.25, 0.3) is 0 Å². The second-order valence-corrected chi connectivity index (χ2v) is 8.45. The Balaban J connectivity index is 0.000000300. The van der Waals surface area contributed by atoms with Crippen molar-refractivity contribution in [1.29, 1.82) is 0 Å². The number of hydrogen-bond donors (Lipinski definition) is 2. The Hall–Kier alpha value is -2.96. The van der Waals surface area contributed by atoms with Gasteiger partial charge in [0.05, 0.1) is 6.04 Å². The van der Waals surface area contributed by atoms with E-state index in [0.717, 1.165) is 17.2 Å². The first kappa shape index (κ1) is 22.2. The van der Waals surface area contributed by atoms with Crippen LogP contribution in [0.2, 0.25) is 10.0 Å². The van der Waals surface area contributed by atoms with Gasteiger partial charge in [-0.15, -0.1) is 0 Å². The number of anilines is 1. The Bertz CT molecular complexity index is 1190. The highest BCUT2D eigenvalue weighted by molar-refractivity contribution is 6.31. The zero-order valence-electron chi connectivity index (χ0n) is 16.7. The van der Waals surface area contributed by atoms with E-state index in [0.29, 0.717) is 16.3 Å². The molecule has 1 saturated heterocycles. The lowest BCUT2D eigenvalue weighted by Crippen LogP contribution is -2.52.